The van der Waals surface area contributed by atoms with Gasteiger partial charge in [-0.15, -0.1) is 35.3 Å². The van der Waals surface area contributed by atoms with Gasteiger partial charge in [0, 0.05) is 56.6 Å². The van der Waals surface area contributed by atoms with E-state index >= 15 is 0 Å². The van der Waals surface area contributed by atoms with Crippen LogP contribution in [-0.4, -0.2) is 59.0 Å². The Morgan fingerprint density at radius 1 is 1.07 bits per heavy atom. The van der Waals surface area contributed by atoms with E-state index in [4.69, 9.17) is 4.98 Å². The van der Waals surface area contributed by atoms with E-state index in [0.717, 1.165) is 54.4 Å². The van der Waals surface area contributed by atoms with Crippen LogP contribution in [0.1, 0.15) is 5.01 Å². The number of nitrogens with zero attached hydrogens (tertiary/aromatic N) is 6. The maximum Gasteiger partial charge on any atom is 0.225 e. The van der Waals surface area contributed by atoms with E-state index in [9.17, 15) is 0 Å². The van der Waals surface area contributed by atoms with Crippen molar-refractivity contribution >= 4 is 47.2 Å². The van der Waals surface area contributed by atoms with Gasteiger partial charge in [-0.05, 0) is 6.07 Å². The molecule has 0 spiro atoms. The minimum absolute atomic E-state index is 0. The van der Waals surface area contributed by atoms with Gasteiger partial charge in [0.1, 0.15) is 5.01 Å². The highest BCUT2D eigenvalue weighted by Gasteiger charge is 2.21. The highest BCUT2D eigenvalue weighted by Crippen LogP contribution is 2.21. The average Bonchev–Trinajstić information content (AvgIpc) is 3.25. The molecule has 1 fully saturated rings. The lowest BCUT2D eigenvalue weighted by molar-refractivity contribution is 0.370. The molecule has 152 valence electrons. The smallest absolute Gasteiger partial charge is 0.225 e. The standard InChI is InChI=1S/C20H23N7S.HI/c1-21-19(26-10-12-27(13-11-26)20-22-8-5-9-23-20)24-14-18-25-17(15-28-18)16-6-3-2-4-7-16;/h2-9,15H,10-14H2,1H3,(H,21,24);1H. The van der Waals surface area contributed by atoms with Crippen LogP contribution in [0, 0.1) is 0 Å². The molecule has 3 aromatic rings. The fraction of sp³-hybridized carbons (Fsp3) is 0.300. The van der Waals surface area contributed by atoms with Crippen LogP contribution in [0.15, 0.2) is 59.2 Å². The number of piperazine rings is 1. The first-order valence-corrected chi connectivity index (χ1v) is 10.2. The second-order valence-electron chi connectivity index (χ2n) is 6.42. The summed E-state index contributed by atoms with van der Waals surface area (Å²) in [4.78, 5) is 22.3. The summed E-state index contributed by atoms with van der Waals surface area (Å²) in [5.41, 5.74) is 2.17. The molecule has 0 atom stereocenters. The maximum atomic E-state index is 4.74. The summed E-state index contributed by atoms with van der Waals surface area (Å²) in [5, 5.41) is 6.61. The largest absolute Gasteiger partial charge is 0.350 e. The molecule has 0 saturated carbocycles. The number of aliphatic imine (C=N–C) groups is 1. The third-order valence-corrected chi connectivity index (χ3v) is 5.49. The molecule has 7 nitrogen and oxygen atoms in total. The van der Waals surface area contributed by atoms with E-state index in [1.165, 1.54) is 0 Å². The molecule has 1 saturated heterocycles. The monoisotopic (exact) mass is 521 g/mol. The van der Waals surface area contributed by atoms with E-state index in [0.29, 0.717) is 6.54 Å². The SMILES string of the molecule is CN=C(NCc1nc(-c2ccccc2)cs1)N1CCN(c2ncccn2)CC1.I. The fourth-order valence-corrected chi connectivity index (χ4v) is 3.94. The van der Waals surface area contributed by atoms with Crippen LogP contribution in [0.3, 0.4) is 0 Å². The summed E-state index contributed by atoms with van der Waals surface area (Å²) in [5.74, 6) is 1.70. The zero-order chi connectivity index (χ0) is 19.2. The summed E-state index contributed by atoms with van der Waals surface area (Å²) >= 11 is 1.67. The van der Waals surface area contributed by atoms with Crippen molar-refractivity contribution in [1.29, 1.82) is 0 Å². The number of rotatable bonds is 4. The van der Waals surface area contributed by atoms with E-state index in [-0.39, 0.29) is 24.0 Å². The Morgan fingerprint density at radius 2 is 1.79 bits per heavy atom. The second kappa shape index (κ2) is 10.5. The molecule has 0 radical (unpaired) electrons. The molecule has 3 heterocycles. The van der Waals surface area contributed by atoms with Gasteiger partial charge in [-0.25, -0.2) is 15.0 Å². The number of nitrogens with one attached hydrogen (secondary N) is 1. The highest BCUT2D eigenvalue weighted by atomic mass is 127. The Balaban J connectivity index is 0.00000240. The predicted octanol–water partition coefficient (Wildman–Crippen LogP) is 3.12. The molecule has 0 bridgehead atoms. The van der Waals surface area contributed by atoms with Crippen molar-refractivity contribution in [3.05, 3.63) is 59.2 Å². The Labute approximate surface area is 192 Å². The lowest BCUT2D eigenvalue weighted by Gasteiger charge is -2.36. The van der Waals surface area contributed by atoms with Gasteiger partial charge in [0.05, 0.1) is 12.2 Å². The number of guanidine groups is 1. The molecule has 1 aliphatic rings. The molecular weight excluding hydrogens is 497 g/mol. The van der Waals surface area contributed by atoms with Gasteiger partial charge in [0.2, 0.25) is 5.95 Å². The number of aromatic nitrogens is 3. The van der Waals surface area contributed by atoms with Gasteiger partial charge in [-0.1, -0.05) is 30.3 Å². The van der Waals surface area contributed by atoms with Crippen LogP contribution in [0.4, 0.5) is 5.95 Å². The van der Waals surface area contributed by atoms with Crippen molar-refractivity contribution in [3.8, 4) is 11.3 Å². The van der Waals surface area contributed by atoms with E-state index in [1.807, 2.05) is 31.3 Å². The summed E-state index contributed by atoms with van der Waals surface area (Å²) in [6.07, 6.45) is 3.57. The number of hydrogen-bond acceptors (Lipinski definition) is 6. The molecule has 0 unspecified atom stereocenters. The molecule has 0 aliphatic carbocycles. The third kappa shape index (κ3) is 5.41. The summed E-state index contributed by atoms with van der Waals surface area (Å²) < 4.78 is 0. The molecule has 4 rings (SSSR count). The van der Waals surface area contributed by atoms with E-state index in [1.54, 1.807) is 23.7 Å². The number of anilines is 1. The summed E-state index contributed by atoms with van der Waals surface area (Å²) in [7, 11) is 1.83. The van der Waals surface area contributed by atoms with Crippen molar-refractivity contribution in [2.75, 3.05) is 38.1 Å². The second-order valence-corrected chi connectivity index (χ2v) is 7.36. The number of hydrogen-bond donors (Lipinski definition) is 1. The zero-order valence-corrected chi connectivity index (χ0v) is 19.4. The van der Waals surface area contributed by atoms with E-state index < -0.39 is 0 Å². The Morgan fingerprint density at radius 3 is 2.48 bits per heavy atom. The highest BCUT2D eigenvalue weighted by molar-refractivity contribution is 14.0. The van der Waals surface area contributed by atoms with Crippen molar-refractivity contribution < 1.29 is 0 Å². The molecule has 2 aromatic heterocycles. The first-order valence-electron chi connectivity index (χ1n) is 9.31. The number of halogens is 1. The van der Waals surface area contributed by atoms with Crippen molar-refractivity contribution in [3.63, 3.8) is 0 Å². The van der Waals surface area contributed by atoms with Crippen LogP contribution in [0.5, 0.6) is 0 Å². The number of benzene rings is 1. The molecule has 9 heteroatoms. The minimum atomic E-state index is 0. The van der Waals surface area contributed by atoms with Gasteiger partial charge in [-0.2, -0.15) is 0 Å². The molecule has 1 N–H and O–H groups in total. The van der Waals surface area contributed by atoms with Crippen molar-refractivity contribution in [2.24, 2.45) is 4.99 Å². The lowest BCUT2D eigenvalue weighted by Crippen LogP contribution is -2.52. The minimum Gasteiger partial charge on any atom is -0.350 e. The zero-order valence-electron chi connectivity index (χ0n) is 16.2. The summed E-state index contributed by atoms with van der Waals surface area (Å²) in [6.45, 7) is 4.18. The van der Waals surface area contributed by atoms with Crippen LogP contribution in [0.2, 0.25) is 0 Å². The molecule has 29 heavy (non-hydrogen) atoms. The van der Waals surface area contributed by atoms with Crippen LogP contribution in [-0.2, 0) is 6.54 Å². The molecular formula is C20H24IN7S. The lowest BCUT2D eigenvalue weighted by atomic mass is 10.2. The van der Waals surface area contributed by atoms with Gasteiger partial charge >= 0.3 is 0 Å². The van der Waals surface area contributed by atoms with Crippen LogP contribution < -0.4 is 10.2 Å². The predicted molar refractivity (Wildman–Crippen MR) is 129 cm³/mol. The fourth-order valence-electron chi connectivity index (χ4n) is 3.19. The van der Waals surface area contributed by atoms with E-state index in [2.05, 4.69) is 47.6 Å². The maximum absolute atomic E-state index is 4.74. The van der Waals surface area contributed by atoms with Gasteiger partial charge in [0.15, 0.2) is 5.96 Å². The van der Waals surface area contributed by atoms with Gasteiger partial charge in [0.25, 0.3) is 0 Å². The van der Waals surface area contributed by atoms with Gasteiger partial charge in [-0.3, -0.25) is 4.99 Å². The van der Waals surface area contributed by atoms with Crippen molar-refractivity contribution in [2.45, 2.75) is 6.54 Å². The van der Waals surface area contributed by atoms with Gasteiger partial charge < -0.3 is 15.1 Å². The third-order valence-electron chi connectivity index (χ3n) is 4.65. The average molecular weight is 521 g/mol. The quantitative estimate of drug-likeness (QED) is 0.324. The normalized spacial score (nSPS) is 14.4. The van der Waals surface area contributed by atoms with Crippen LogP contribution >= 0.6 is 35.3 Å². The Hall–Kier alpha value is -2.27. The molecule has 1 aliphatic heterocycles. The molecule has 1 aromatic carbocycles. The topological polar surface area (TPSA) is 69.5 Å². The Bertz CT molecular complexity index is 909. The Kier molecular flexibility index (Phi) is 7.76. The number of thiazole rings is 1. The first kappa shape index (κ1) is 21.4. The molecule has 0 amide bonds. The first-order chi connectivity index (χ1) is 13.8. The summed E-state index contributed by atoms with van der Waals surface area (Å²) in [6, 6.07) is 12.1. The van der Waals surface area contributed by atoms with Crippen LogP contribution in [0.25, 0.3) is 11.3 Å². The van der Waals surface area contributed by atoms with Crippen molar-refractivity contribution in [1.82, 2.24) is 25.2 Å².